The molecule has 1 heterocycles. The Morgan fingerprint density at radius 2 is 1.94 bits per heavy atom. The summed E-state index contributed by atoms with van der Waals surface area (Å²) in [6, 6.07) is 7.06. The minimum absolute atomic E-state index is 0.0471. The number of hydrogen-bond donors (Lipinski definition) is 1. The molecule has 2 fully saturated rings. The number of anilines is 1. The number of nitrogens with zero attached hydrogens (tertiary/aromatic N) is 2. The molecule has 1 saturated heterocycles. The van der Waals surface area contributed by atoms with Crippen LogP contribution in [0.3, 0.4) is 0 Å². The van der Waals surface area contributed by atoms with Gasteiger partial charge in [-0.1, -0.05) is 12.1 Å². The highest BCUT2D eigenvalue weighted by Gasteiger charge is 2.31. The maximum absolute atomic E-state index is 9.08. The monoisotopic (exact) mass is 233 g/mol. The Morgan fingerprint density at radius 1 is 1.18 bits per heavy atom. The molecule has 3 nitrogen and oxygen atoms in total. The molecule has 2 aliphatic rings. The lowest BCUT2D eigenvalue weighted by Crippen LogP contribution is -2.47. The molecule has 92 valence electrons. The maximum Gasteiger partial charge on any atom is 0.0681 e. The van der Waals surface area contributed by atoms with Gasteiger partial charge in [-0.3, -0.25) is 4.90 Å². The van der Waals surface area contributed by atoms with Gasteiger partial charge in [-0.05, 0) is 30.5 Å². The van der Waals surface area contributed by atoms with Gasteiger partial charge in [0.15, 0.2) is 0 Å². The normalized spacial score (nSPS) is 22.6. The van der Waals surface area contributed by atoms with Crippen LogP contribution in [-0.4, -0.2) is 42.2 Å². The zero-order valence-electron chi connectivity index (χ0n) is 11.1. The molecular formula is C14H20N2O. The van der Waals surface area contributed by atoms with E-state index >= 15 is 0 Å². The predicted octanol–water partition coefficient (Wildman–Crippen LogP) is 1.46. The molecule has 1 saturated carbocycles. The zero-order chi connectivity index (χ0) is 12.5. The van der Waals surface area contributed by atoms with Crippen LogP contribution in [0.15, 0.2) is 24.2 Å². The SMILES string of the molecule is [2H]c1cc(N2CCN(C3CC3)CC2)ccc1CO. The van der Waals surface area contributed by atoms with Crippen LogP contribution in [-0.2, 0) is 6.61 Å². The van der Waals surface area contributed by atoms with E-state index in [2.05, 4.69) is 9.80 Å². The quantitative estimate of drug-likeness (QED) is 0.856. The van der Waals surface area contributed by atoms with Gasteiger partial charge in [-0.2, -0.15) is 0 Å². The molecule has 0 unspecified atom stereocenters. The van der Waals surface area contributed by atoms with Gasteiger partial charge < -0.3 is 10.0 Å². The zero-order valence-corrected chi connectivity index (χ0v) is 10.1. The predicted molar refractivity (Wildman–Crippen MR) is 69.2 cm³/mol. The molecule has 0 spiro atoms. The highest BCUT2D eigenvalue weighted by Crippen LogP contribution is 2.28. The van der Waals surface area contributed by atoms with Gasteiger partial charge in [-0.25, -0.2) is 0 Å². The number of benzene rings is 1. The van der Waals surface area contributed by atoms with Gasteiger partial charge in [-0.15, -0.1) is 0 Å². The average Bonchev–Trinajstić information content (AvgIpc) is 3.23. The second kappa shape index (κ2) is 4.67. The third-order valence-electron chi connectivity index (χ3n) is 3.77. The van der Waals surface area contributed by atoms with Crippen LogP contribution in [0.5, 0.6) is 0 Å². The summed E-state index contributed by atoms with van der Waals surface area (Å²) in [6.07, 6.45) is 2.75. The summed E-state index contributed by atoms with van der Waals surface area (Å²) in [7, 11) is 0. The Hall–Kier alpha value is -1.06. The van der Waals surface area contributed by atoms with Crippen molar-refractivity contribution >= 4 is 5.69 Å². The summed E-state index contributed by atoms with van der Waals surface area (Å²) in [5.74, 6) is 0. The first-order valence-corrected chi connectivity index (χ1v) is 6.47. The third-order valence-corrected chi connectivity index (χ3v) is 3.77. The van der Waals surface area contributed by atoms with E-state index < -0.39 is 0 Å². The van der Waals surface area contributed by atoms with Gasteiger partial charge in [0.1, 0.15) is 0 Å². The van der Waals surface area contributed by atoms with E-state index in [9.17, 15) is 0 Å². The number of rotatable bonds is 3. The van der Waals surface area contributed by atoms with Gasteiger partial charge in [0.2, 0.25) is 0 Å². The van der Waals surface area contributed by atoms with Gasteiger partial charge in [0.05, 0.1) is 7.98 Å². The fraction of sp³-hybridized carbons (Fsp3) is 0.571. The Bertz CT molecular complexity index is 426. The number of aliphatic hydroxyl groups excluding tert-OH is 1. The summed E-state index contributed by atoms with van der Waals surface area (Å²) in [4.78, 5) is 4.93. The van der Waals surface area contributed by atoms with Crippen LogP contribution in [0, 0.1) is 0 Å². The van der Waals surface area contributed by atoms with E-state index in [1.807, 2.05) is 18.2 Å². The topological polar surface area (TPSA) is 26.7 Å². The van der Waals surface area contributed by atoms with Crippen LogP contribution in [0.4, 0.5) is 5.69 Å². The van der Waals surface area contributed by atoms with Gasteiger partial charge >= 0.3 is 0 Å². The molecule has 1 aliphatic heterocycles. The third kappa shape index (κ3) is 2.45. The van der Waals surface area contributed by atoms with Crippen molar-refractivity contribution in [3.63, 3.8) is 0 Å². The minimum atomic E-state index is -0.0471. The van der Waals surface area contributed by atoms with Crippen molar-refractivity contribution in [2.24, 2.45) is 0 Å². The summed E-state index contributed by atoms with van der Waals surface area (Å²) in [6.45, 7) is 4.33. The molecule has 1 aromatic carbocycles. The Labute approximate surface area is 104 Å². The number of hydrogen-bond acceptors (Lipinski definition) is 3. The second-order valence-corrected chi connectivity index (χ2v) is 4.98. The average molecular weight is 233 g/mol. The Morgan fingerprint density at radius 3 is 2.53 bits per heavy atom. The molecule has 0 bridgehead atoms. The lowest BCUT2D eigenvalue weighted by atomic mass is 10.2. The molecule has 0 atom stereocenters. The lowest BCUT2D eigenvalue weighted by Gasteiger charge is -2.36. The van der Waals surface area contributed by atoms with Crippen molar-refractivity contribution < 1.29 is 6.48 Å². The van der Waals surface area contributed by atoms with Crippen molar-refractivity contribution in [1.82, 2.24) is 4.90 Å². The molecule has 1 aromatic rings. The number of aliphatic hydroxyl groups is 1. The molecule has 1 aliphatic carbocycles. The lowest BCUT2D eigenvalue weighted by molar-refractivity contribution is 0.248. The first kappa shape index (κ1) is 9.92. The first-order chi connectivity index (χ1) is 8.78. The van der Waals surface area contributed by atoms with E-state index in [4.69, 9.17) is 6.48 Å². The molecule has 17 heavy (non-hydrogen) atoms. The standard InChI is InChI=1S/C14H20N2O/c17-11-12-1-3-13(4-2-12)15-7-9-16(10-8-15)14-5-6-14/h1-4,14,17H,5-11H2/i1D. The molecule has 0 radical (unpaired) electrons. The smallest absolute Gasteiger partial charge is 0.0681 e. The van der Waals surface area contributed by atoms with Crippen molar-refractivity contribution in [1.29, 1.82) is 0 Å². The van der Waals surface area contributed by atoms with E-state index in [1.165, 1.54) is 12.8 Å². The maximum atomic E-state index is 9.08. The summed E-state index contributed by atoms with van der Waals surface area (Å²) in [5.41, 5.74) is 1.82. The van der Waals surface area contributed by atoms with Crippen LogP contribution in [0.25, 0.3) is 0 Å². The van der Waals surface area contributed by atoms with Crippen molar-refractivity contribution in [2.75, 3.05) is 31.1 Å². The van der Waals surface area contributed by atoms with E-state index in [0.29, 0.717) is 11.6 Å². The fourth-order valence-electron chi connectivity index (χ4n) is 2.53. The molecule has 3 heteroatoms. The fourth-order valence-corrected chi connectivity index (χ4v) is 2.53. The molecule has 1 N–H and O–H groups in total. The van der Waals surface area contributed by atoms with Crippen LogP contribution in [0.2, 0.25) is 0 Å². The molecule has 0 aromatic heterocycles. The highest BCUT2D eigenvalue weighted by molar-refractivity contribution is 5.48. The van der Waals surface area contributed by atoms with Crippen LogP contribution < -0.4 is 4.90 Å². The van der Waals surface area contributed by atoms with Crippen molar-refractivity contribution in [3.8, 4) is 0 Å². The van der Waals surface area contributed by atoms with E-state index in [0.717, 1.165) is 37.9 Å². The molecule has 0 amide bonds. The largest absolute Gasteiger partial charge is 0.392 e. The van der Waals surface area contributed by atoms with E-state index in [1.54, 1.807) is 0 Å². The Kier molecular flexibility index (Phi) is 2.72. The first-order valence-electron chi connectivity index (χ1n) is 6.97. The van der Waals surface area contributed by atoms with Gasteiger partial charge in [0, 0.05) is 37.9 Å². The number of piperazine rings is 1. The second-order valence-electron chi connectivity index (χ2n) is 4.98. The molecular weight excluding hydrogens is 212 g/mol. The summed E-state index contributed by atoms with van der Waals surface area (Å²) < 4.78 is 7.85. The highest BCUT2D eigenvalue weighted by atomic mass is 16.3. The van der Waals surface area contributed by atoms with Crippen molar-refractivity contribution in [2.45, 2.75) is 25.5 Å². The summed E-state index contributed by atoms with van der Waals surface area (Å²) >= 11 is 0. The molecule has 3 rings (SSSR count). The minimum Gasteiger partial charge on any atom is -0.392 e. The van der Waals surface area contributed by atoms with Crippen LogP contribution >= 0.6 is 0 Å². The van der Waals surface area contributed by atoms with Crippen molar-refractivity contribution in [3.05, 3.63) is 29.8 Å². The van der Waals surface area contributed by atoms with Crippen LogP contribution in [0.1, 0.15) is 19.8 Å². The van der Waals surface area contributed by atoms with Gasteiger partial charge in [0.25, 0.3) is 0 Å². The Balaban J connectivity index is 1.66. The summed E-state index contributed by atoms with van der Waals surface area (Å²) in [5, 5.41) is 9.08. The van der Waals surface area contributed by atoms with E-state index in [-0.39, 0.29) is 6.61 Å².